The molecule has 0 spiro atoms. The van der Waals surface area contributed by atoms with E-state index in [2.05, 4.69) is 11.0 Å². The van der Waals surface area contributed by atoms with E-state index in [4.69, 9.17) is 33.2 Å². The van der Waals surface area contributed by atoms with Crippen molar-refractivity contribution < 1.29 is 38.0 Å². The first-order valence-electron chi connectivity index (χ1n) is 12.3. The van der Waals surface area contributed by atoms with Crippen LogP contribution >= 0.6 is 0 Å². The van der Waals surface area contributed by atoms with Gasteiger partial charge in [-0.15, -0.1) is 0 Å². The summed E-state index contributed by atoms with van der Waals surface area (Å²) in [6, 6.07) is 5.96. The Hall–Kier alpha value is -3.33. The standard InChI is InChI=1S/C28H39NO8/c1-18-20(25(32-6)27(34-8)26(33-7)24(18)31-5)15-19-9-10-22(36-17-23(30)37-28(2,3)4)21(16-19)29-11-13-35-14-12-29/h9-10,16H,11-15,17H2,1-8H3. The van der Waals surface area contributed by atoms with Crippen molar-refractivity contribution in [2.24, 2.45) is 0 Å². The van der Waals surface area contributed by atoms with Gasteiger partial charge in [0.2, 0.25) is 11.5 Å². The molecule has 9 heteroatoms. The molecule has 1 heterocycles. The topological polar surface area (TPSA) is 84.9 Å². The lowest BCUT2D eigenvalue weighted by atomic mass is 9.96. The highest BCUT2D eigenvalue weighted by atomic mass is 16.6. The molecule has 0 N–H and O–H groups in total. The number of morpholine rings is 1. The van der Waals surface area contributed by atoms with E-state index < -0.39 is 11.6 Å². The molecule has 0 aromatic heterocycles. The summed E-state index contributed by atoms with van der Waals surface area (Å²) in [4.78, 5) is 14.5. The van der Waals surface area contributed by atoms with Crippen LogP contribution in [0.15, 0.2) is 18.2 Å². The van der Waals surface area contributed by atoms with Crippen LogP contribution in [0.25, 0.3) is 0 Å². The number of esters is 1. The maximum Gasteiger partial charge on any atom is 0.344 e. The summed E-state index contributed by atoms with van der Waals surface area (Å²) in [5.41, 5.74) is 3.17. The minimum Gasteiger partial charge on any atom is -0.492 e. The quantitative estimate of drug-likeness (QED) is 0.431. The number of ether oxygens (including phenoxy) is 7. The van der Waals surface area contributed by atoms with Crippen molar-refractivity contribution in [2.45, 2.75) is 39.7 Å². The number of benzene rings is 2. The predicted molar refractivity (Wildman–Crippen MR) is 141 cm³/mol. The maximum absolute atomic E-state index is 12.3. The van der Waals surface area contributed by atoms with Gasteiger partial charge in [-0.1, -0.05) is 6.07 Å². The second-order valence-electron chi connectivity index (χ2n) is 9.69. The largest absolute Gasteiger partial charge is 0.492 e. The second-order valence-corrected chi connectivity index (χ2v) is 9.69. The van der Waals surface area contributed by atoms with Gasteiger partial charge in [0.25, 0.3) is 0 Å². The van der Waals surface area contributed by atoms with Crippen LogP contribution in [-0.2, 0) is 20.7 Å². The first kappa shape index (κ1) is 28.2. The first-order chi connectivity index (χ1) is 17.6. The summed E-state index contributed by atoms with van der Waals surface area (Å²) in [5, 5.41) is 0. The molecule has 0 radical (unpaired) electrons. The molecule has 37 heavy (non-hydrogen) atoms. The van der Waals surface area contributed by atoms with Crippen LogP contribution in [0.2, 0.25) is 0 Å². The third kappa shape index (κ3) is 6.71. The number of nitrogens with zero attached hydrogens (tertiary/aromatic N) is 1. The molecule has 1 aliphatic rings. The van der Waals surface area contributed by atoms with E-state index in [1.54, 1.807) is 28.4 Å². The lowest BCUT2D eigenvalue weighted by Gasteiger charge is -2.31. The van der Waals surface area contributed by atoms with Crippen LogP contribution in [0.4, 0.5) is 5.69 Å². The van der Waals surface area contributed by atoms with Crippen molar-refractivity contribution in [3.63, 3.8) is 0 Å². The summed E-state index contributed by atoms with van der Waals surface area (Å²) in [6.45, 7) is 9.98. The molecule has 3 rings (SSSR count). The molecule has 2 aromatic rings. The third-order valence-electron chi connectivity index (χ3n) is 6.02. The average molecular weight is 518 g/mol. The fourth-order valence-corrected chi connectivity index (χ4v) is 4.42. The van der Waals surface area contributed by atoms with Gasteiger partial charge < -0.3 is 38.1 Å². The van der Waals surface area contributed by atoms with Crippen molar-refractivity contribution in [3.8, 4) is 28.7 Å². The normalized spacial score (nSPS) is 13.7. The Labute approximate surface area is 219 Å². The minimum atomic E-state index is -0.575. The molecule has 1 aliphatic heterocycles. The van der Waals surface area contributed by atoms with E-state index in [-0.39, 0.29) is 6.61 Å². The highest BCUT2D eigenvalue weighted by Crippen LogP contribution is 2.50. The molecule has 2 aromatic carbocycles. The molecule has 0 aliphatic carbocycles. The van der Waals surface area contributed by atoms with Crippen LogP contribution in [0.5, 0.6) is 28.7 Å². The van der Waals surface area contributed by atoms with E-state index in [0.29, 0.717) is 48.4 Å². The van der Waals surface area contributed by atoms with Gasteiger partial charge in [-0.2, -0.15) is 0 Å². The van der Waals surface area contributed by atoms with Crippen molar-refractivity contribution >= 4 is 11.7 Å². The average Bonchev–Trinajstić information content (AvgIpc) is 2.87. The van der Waals surface area contributed by atoms with Crippen LogP contribution in [-0.4, -0.2) is 72.9 Å². The zero-order valence-electron chi connectivity index (χ0n) is 23.2. The van der Waals surface area contributed by atoms with Crippen LogP contribution in [0.1, 0.15) is 37.5 Å². The fourth-order valence-electron chi connectivity index (χ4n) is 4.42. The lowest BCUT2D eigenvalue weighted by Crippen LogP contribution is -2.36. The van der Waals surface area contributed by atoms with E-state index in [9.17, 15) is 4.79 Å². The molecule has 0 unspecified atom stereocenters. The van der Waals surface area contributed by atoms with Gasteiger partial charge in [0.05, 0.1) is 47.3 Å². The molecule has 0 bridgehead atoms. The third-order valence-corrected chi connectivity index (χ3v) is 6.02. The molecule has 1 saturated heterocycles. The number of methoxy groups -OCH3 is 4. The summed E-state index contributed by atoms with van der Waals surface area (Å²) in [6.07, 6.45) is 0.551. The molecule has 0 saturated carbocycles. The Bertz CT molecular complexity index is 1090. The van der Waals surface area contributed by atoms with Gasteiger partial charge in [0.1, 0.15) is 11.4 Å². The van der Waals surface area contributed by atoms with E-state index in [1.165, 1.54) is 0 Å². The summed E-state index contributed by atoms with van der Waals surface area (Å²) in [5.74, 6) is 2.36. The molecule has 9 nitrogen and oxygen atoms in total. The zero-order chi connectivity index (χ0) is 27.2. The van der Waals surface area contributed by atoms with Gasteiger partial charge in [0, 0.05) is 30.6 Å². The highest BCUT2D eigenvalue weighted by molar-refractivity contribution is 5.72. The number of anilines is 1. The SMILES string of the molecule is COc1c(C)c(Cc2ccc(OCC(=O)OC(C)(C)C)c(N3CCOCC3)c2)c(OC)c(OC)c1OC. The highest BCUT2D eigenvalue weighted by Gasteiger charge is 2.26. The monoisotopic (exact) mass is 517 g/mol. The van der Waals surface area contributed by atoms with Gasteiger partial charge >= 0.3 is 5.97 Å². The number of hydrogen-bond donors (Lipinski definition) is 0. The predicted octanol–water partition coefficient (Wildman–Crippen LogP) is 4.18. The Morgan fingerprint density at radius 2 is 1.51 bits per heavy atom. The van der Waals surface area contributed by atoms with Gasteiger partial charge in [-0.05, 0) is 45.4 Å². The number of carbonyl (C=O) groups excluding carboxylic acids is 1. The number of rotatable bonds is 10. The summed E-state index contributed by atoms with van der Waals surface area (Å²) < 4.78 is 39.5. The van der Waals surface area contributed by atoms with Crippen LogP contribution in [0, 0.1) is 6.92 Å². The molecular weight excluding hydrogens is 478 g/mol. The zero-order valence-corrected chi connectivity index (χ0v) is 23.2. The molecule has 0 atom stereocenters. The smallest absolute Gasteiger partial charge is 0.344 e. The Morgan fingerprint density at radius 1 is 0.919 bits per heavy atom. The molecule has 0 amide bonds. The van der Waals surface area contributed by atoms with E-state index >= 15 is 0 Å². The van der Waals surface area contributed by atoms with Crippen molar-refractivity contribution in [2.75, 3.05) is 66.2 Å². The van der Waals surface area contributed by atoms with Gasteiger partial charge in [-0.3, -0.25) is 0 Å². The van der Waals surface area contributed by atoms with Crippen LogP contribution < -0.4 is 28.6 Å². The molecule has 1 fully saturated rings. The van der Waals surface area contributed by atoms with Crippen LogP contribution in [0.3, 0.4) is 0 Å². The van der Waals surface area contributed by atoms with Crippen molar-refractivity contribution in [1.82, 2.24) is 0 Å². The summed E-state index contributed by atoms with van der Waals surface area (Å²) in [7, 11) is 6.36. The Kier molecular flexibility index (Phi) is 9.37. The number of hydrogen-bond acceptors (Lipinski definition) is 9. The maximum atomic E-state index is 12.3. The van der Waals surface area contributed by atoms with Crippen molar-refractivity contribution in [3.05, 3.63) is 34.9 Å². The first-order valence-corrected chi connectivity index (χ1v) is 12.3. The van der Waals surface area contributed by atoms with E-state index in [1.807, 2.05) is 39.8 Å². The lowest BCUT2D eigenvalue weighted by molar-refractivity contribution is -0.157. The molecule has 204 valence electrons. The fraction of sp³-hybridized carbons (Fsp3) is 0.536. The minimum absolute atomic E-state index is 0.173. The second kappa shape index (κ2) is 12.3. The summed E-state index contributed by atoms with van der Waals surface area (Å²) >= 11 is 0. The Morgan fingerprint density at radius 3 is 2.08 bits per heavy atom. The molecular formula is C28H39NO8. The van der Waals surface area contributed by atoms with Crippen molar-refractivity contribution in [1.29, 1.82) is 0 Å². The van der Waals surface area contributed by atoms with Gasteiger partial charge in [-0.25, -0.2) is 4.79 Å². The van der Waals surface area contributed by atoms with Gasteiger partial charge in [0.15, 0.2) is 18.1 Å². The van der Waals surface area contributed by atoms with E-state index in [0.717, 1.165) is 35.5 Å². The Balaban J connectivity index is 1.99. The number of carbonyl (C=O) groups is 1.